The molecular formula is C17H34N2. The van der Waals surface area contributed by atoms with Crippen LogP contribution in [0.2, 0.25) is 0 Å². The van der Waals surface area contributed by atoms with E-state index in [0.717, 1.165) is 18.0 Å². The molecule has 2 aliphatic rings. The van der Waals surface area contributed by atoms with Crippen molar-refractivity contribution < 1.29 is 0 Å². The lowest BCUT2D eigenvalue weighted by Crippen LogP contribution is -2.40. The molecule has 0 spiro atoms. The van der Waals surface area contributed by atoms with Crippen LogP contribution in [0.3, 0.4) is 0 Å². The predicted molar refractivity (Wildman–Crippen MR) is 83.5 cm³/mol. The largest absolute Gasteiger partial charge is 0.314 e. The van der Waals surface area contributed by atoms with Crippen molar-refractivity contribution in [1.29, 1.82) is 0 Å². The Balaban J connectivity index is 1.56. The van der Waals surface area contributed by atoms with Gasteiger partial charge in [-0.05, 0) is 58.2 Å². The lowest BCUT2D eigenvalue weighted by atomic mass is 9.85. The van der Waals surface area contributed by atoms with E-state index in [1.807, 2.05) is 0 Å². The Morgan fingerprint density at radius 3 is 2.37 bits per heavy atom. The molecule has 2 rings (SSSR count). The van der Waals surface area contributed by atoms with Crippen molar-refractivity contribution in [2.45, 2.75) is 83.2 Å². The zero-order valence-electron chi connectivity index (χ0n) is 13.2. The second-order valence-electron chi connectivity index (χ2n) is 6.95. The fraction of sp³-hybridized carbons (Fsp3) is 1.00. The van der Waals surface area contributed by atoms with Crippen LogP contribution in [0.25, 0.3) is 0 Å². The molecule has 0 aromatic carbocycles. The van der Waals surface area contributed by atoms with Gasteiger partial charge in [0, 0.05) is 12.1 Å². The molecular weight excluding hydrogens is 232 g/mol. The van der Waals surface area contributed by atoms with Gasteiger partial charge in [-0.2, -0.15) is 0 Å². The molecule has 2 heteroatoms. The maximum Gasteiger partial charge on any atom is 0.0118 e. The van der Waals surface area contributed by atoms with Crippen LogP contribution in [0.15, 0.2) is 0 Å². The number of hydrogen-bond acceptors (Lipinski definition) is 2. The van der Waals surface area contributed by atoms with E-state index in [1.54, 1.807) is 0 Å². The van der Waals surface area contributed by atoms with Gasteiger partial charge in [0.25, 0.3) is 0 Å². The van der Waals surface area contributed by atoms with Crippen molar-refractivity contribution in [2.75, 3.05) is 20.1 Å². The summed E-state index contributed by atoms with van der Waals surface area (Å²) in [6.45, 7) is 4.94. The van der Waals surface area contributed by atoms with Crippen molar-refractivity contribution in [3.8, 4) is 0 Å². The smallest absolute Gasteiger partial charge is 0.0118 e. The highest BCUT2D eigenvalue weighted by molar-refractivity contribution is 4.79. The average Bonchev–Trinajstić information content (AvgIpc) is 2.45. The van der Waals surface area contributed by atoms with Gasteiger partial charge in [0.1, 0.15) is 0 Å². The summed E-state index contributed by atoms with van der Waals surface area (Å²) in [6, 6.07) is 1.68. The monoisotopic (exact) mass is 266 g/mol. The summed E-state index contributed by atoms with van der Waals surface area (Å²) >= 11 is 0. The standard InChI is InChI=1S/C17H34N2/c1-15-9-6-7-12-17(15)19(2)14-8-13-18-16-10-4-3-5-11-16/h15-18H,3-14H2,1-2H3. The molecule has 2 unspecified atom stereocenters. The molecule has 2 atom stereocenters. The summed E-state index contributed by atoms with van der Waals surface area (Å²) in [7, 11) is 2.34. The SMILES string of the molecule is CC1CCCCC1N(C)CCCNC1CCCCC1. The van der Waals surface area contributed by atoms with Crippen LogP contribution in [0.4, 0.5) is 0 Å². The second kappa shape index (κ2) is 8.26. The molecule has 2 nitrogen and oxygen atoms in total. The molecule has 112 valence electrons. The molecule has 0 radical (unpaired) electrons. The highest BCUT2D eigenvalue weighted by Crippen LogP contribution is 2.27. The minimum Gasteiger partial charge on any atom is -0.314 e. The lowest BCUT2D eigenvalue weighted by molar-refractivity contribution is 0.137. The van der Waals surface area contributed by atoms with E-state index in [-0.39, 0.29) is 0 Å². The van der Waals surface area contributed by atoms with E-state index >= 15 is 0 Å². The van der Waals surface area contributed by atoms with Gasteiger partial charge in [0.05, 0.1) is 0 Å². The number of nitrogens with zero attached hydrogens (tertiary/aromatic N) is 1. The summed E-state index contributed by atoms with van der Waals surface area (Å²) in [5.74, 6) is 0.907. The van der Waals surface area contributed by atoms with E-state index in [4.69, 9.17) is 0 Å². The first kappa shape index (κ1) is 15.3. The number of rotatable bonds is 6. The zero-order chi connectivity index (χ0) is 13.5. The van der Waals surface area contributed by atoms with Crippen molar-refractivity contribution in [2.24, 2.45) is 5.92 Å². The third-order valence-electron chi connectivity index (χ3n) is 5.36. The van der Waals surface area contributed by atoms with Crippen molar-refractivity contribution >= 4 is 0 Å². The molecule has 19 heavy (non-hydrogen) atoms. The maximum atomic E-state index is 3.76. The van der Waals surface area contributed by atoms with Gasteiger partial charge >= 0.3 is 0 Å². The van der Waals surface area contributed by atoms with Crippen molar-refractivity contribution in [1.82, 2.24) is 10.2 Å². The molecule has 0 aliphatic heterocycles. The highest BCUT2D eigenvalue weighted by atomic mass is 15.1. The Bertz CT molecular complexity index is 235. The summed E-state index contributed by atoms with van der Waals surface area (Å²) in [5.41, 5.74) is 0. The van der Waals surface area contributed by atoms with E-state index in [9.17, 15) is 0 Å². The summed E-state index contributed by atoms with van der Waals surface area (Å²) in [6.07, 6.45) is 14.2. The van der Waals surface area contributed by atoms with Crippen LogP contribution in [0, 0.1) is 5.92 Å². The molecule has 0 bridgehead atoms. The van der Waals surface area contributed by atoms with Gasteiger partial charge in [-0.25, -0.2) is 0 Å². The second-order valence-corrected chi connectivity index (χ2v) is 6.95. The van der Waals surface area contributed by atoms with E-state index in [2.05, 4.69) is 24.2 Å². The van der Waals surface area contributed by atoms with Crippen molar-refractivity contribution in [3.05, 3.63) is 0 Å². The average molecular weight is 266 g/mol. The maximum absolute atomic E-state index is 3.76. The van der Waals surface area contributed by atoms with Gasteiger partial charge in [-0.3, -0.25) is 0 Å². The minimum absolute atomic E-state index is 0.827. The van der Waals surface area contributed by atoms with Crippen LogP contribution in [0.1, 0.15) is 71.1 Å². The minimum atomic E-state index is 0.827. The molecule has 2 fully saturated rings. The zero-order valence-corrected chi connectivity index (χ0v) is 13.2. The quantitative estimate of drug-likeness (QED) is 0.736. The summed E-state index contributed by atoms with van der Waals surface area (Å²) in [4.78, 5) is 2.63. The van der Waals surface area contributed by atoms with Crippen LogP contribution >= 0.6 is 0 Å². The lowest BCUT2D eigenvalue weighted by Gasteiger charge is -2.36. The molecule has 0 saturated heterocycles. The molecule has 1 N–H and O–H groups in total. The third kappa shape index (κ3) is 5.07. The molecule has 2 saturated carbocycles. The summed E-state index contributed by atoms with van der Waals surface area (Å²) < 4.78 is 0. The fourth-order valence-electron chi connectivity index (χ4n) is 4.06. The van der Waals surface area contributed by atoms with Gasteiger partial charge in [0.15, 0.2) is 0 Å². The van der Waals surface area contributed by atoms with Crippen LogP contribution < -0.4 is 5.32 Å². The van der Waals surface area contributed by atoms with E-state index in [0.29, 0.717) is 0 Å². The predicted octanol–water partition coefficient (Wildman–Crippen LogP) is 3.81. The van der Waals surface area contributed by atoms with Gasteiger partial charge in [0.2, 0.25) is 0 Å². The molecule has 0 aromatic rings. The van der Waals surface area contributed by atoms with Crippen molar-refractivity contribution in [3.63, 3.8) is 0 Å². The number of nitrogens with one attached hydrogen (secondary N) is 1. The molecule has 2 aliphatic carbocycles. The Labute approximate surface area is 120 Å². The third-order valence-corrected chi connectivity index (χ3v) is 5.36. The Morgan fingerprint density at radius 1 is 0.947 bits per heavy atom. The Morgan fingerprint density at radius 2 is 1.63 bits per heavy atom. The first-order valence-electron chi connectivity index (χ1n) is 8.71. The van der Waals surface area contributed by atoms with Gasteiger partial charge < -0.3 is 10.2 Å². The highest BCUT2D eigenvalue weighted by Gasteiger charge is 2.24. The summed E-state index contributed by atoms with van der Waals surface area (Å²) in [5, 5.41) is 3.76. The molecule has 0 amide bonds. The van der Waals surface area contributed by atoms with Gasteiger partial charge in [-0.1, -0.05) is 39.0 Å². The van der Waals surface area contributed by atoms with E-state index < -0.39 is 0 Å². The molecule has 0 heterocycles. The van der Waals surface area contributed by atoms with E-state index in [1.165, 1.54) is 77.3 Å². The van der Waals surface area contributed by atoms with Crippen LogP contribution in [-0.2, 0) is 0 Å². The normalized spacial score (nSPS) is 29.8. The Kier molecular flexibility index (Phi) is 6.66. The number of hydrogen-bond donors (Lipinski definition) is 1. The first-order valence-corrected chi connectivity index (χ1v) is 8.71. The first-order chi connectivity index (χ1) is 9.27. The fourth-order valence-corrected chi connectivity index (χ4v) is 4.06. The topological polar surface area (TPSA) is 15.3 Å². The van der Waals surface area contributed by atoms with Crippen LogP contribution in [-0.4, -0.2) is 37.1 Å². The Hall–Kier alpha value is -0.0800. The van der Waals surface area contributed by atoms with Gasteiger partial charge in [-0.15, -0.1) is 0 Å². The van der Waals surface area contributed by atoms with Crippen LogP contribution in [0.5, 0.6) is 0 Å². The molecule has 0 aromatic heterocycles.